The topological polar surface area (TPSA) is 32.9 Å². The van der Waals surface area contributed by atoms with E-state index in [0.29, 0.717) is 0 Å². The van der Waals surface area contributed by atoms with Gasteiger partial charge in [-0.25, -0.2) is 0 Å². The maximum atomic E-state index is 11.6. The van der Waals surface area contributed by atoms with Crippen molar-refractivity contribution in [2.24, 2.45) is 0 Å². The smallest absolute Gasteiger partial charge is 0.256 e. The molecule has 68 valence electrons. The lowest BCUT2D eigenvalue weighted by atomic mass is 10.1. The average molecular weight is 183 g/mol. The van der Waals surface area contributed by atoms with Crippen molar-refractivity contribution in [2.45, 2.75) is 6.42 Å². The molecule has 14 heavy (non-hydrogen) atoms. The van der Waals surface area contributed by atoms with E-state index >= 15 is 0 Å². The fraction of sp³-hybridized carbons (Fsp3) is 0.0833. The third kappa shape index (κ3) is 0.880. The molecule has 0 saturated heterocycles. The standard InChI is InChI=1S/C12H9NO/c14-12-10-5-2-1-4-8(10)9-6-3-7-11(9)13-12/h1-5,7H,6H2,(H,13,14). The van der Waals surface area contributed by atoms with Gasteiger partial charge in [-0.3, -0.25) is 4.79 Å². The van der Waals surface area contributed by atoms with Crippen LogP contribution in [0.4, 0.5) is 0 Å². The fourth-order valence-electron chi connectivity index (χ4n) is 2.01. The molecule has 3 rings (SSSR count). The first-order valence-corrected chi connectivity index (χ1v) is 4.67. The molecule has 1 aliphatic carbocycles. The van der Waals surface area contributed by atoms with Gasteiger partial charge < -0.3 is 4.98 Å². The maximum absolute atomic E-state index is 11.6. The number of allylic oxidation sites excluding steroid dienone is 1. The van der Waals surface area contributed by atoms with E-state index in [1.807, 2.05) is 30.3 Å². The SMILES string of the molecule is O=c1[nH]c2c(c3ccccc13)CC=C2. The van der Waals surface area contributed by atoms with Crippen molar-refractivity contribution in [1.29, 1.82) is 0 Å². The van der Waals surface area contributed by atoms with Crippen LogP contribution >= 0.6 is 0 Å². The van der Waals surface area contributed by atoms with E-state index in [2.05, 4.69) is 11.1 Å². The Hall–Kier alpha value is -1.83. The van der Waals surface area contributed by atoms with Crippen LogP contribution in [0, 0.1) is 0 Å². The van der Waals surface area contributed by atoms with Gasteiger partial charge in [-0.1, -0.05) is 24.3 Å². The Morgan fingerprint density at radius 3 is 2.79 bits per heavy atom. The van der Waals surface area contributed by atoms with Gasteiger partial charge in [-0.2, -0.15) is 0 Å². The first kappa shape index (κ1) is 7.56. The van der Waals surface area contributed by atoms with Crippen LogP contribution in [-0.4, -0.2) is 4.98 Å². The summed E-state index contributed by atoms with van der Waals surface area (Å²) in [5, 5.41) is 1.87. The number of fused-ring (bicyclic) bond motifs is 3. The molecule has 2 aromatic rings. The minimum Gasteiger partial charge on any atom is -0.322 e. The number of pyridine rings is 1. The second-order valence-electron chi connectivity index (χ2n) is 3.50. The molecule has 0 radical (unpaired) electrons. The van der Waals surface area contributed by atoms with Crippen molar-refractivity contribution >= 4 is 16.8 Å². The predicted molar refractivity (Wildman–Crippen MR) is 57.3 cm³/mol. The number of hydrogen-bond donors (Lipinski definition) is 1. The second kappa shape index (κ2) is 2.58. The van der Waals surface area contributed by atoms with Gasteiger partial charge in [0, 0.05) is 11.1 Å². The zero-order valence-electron chi connectivity index (χ0n) is 7.58. The van der Waals surface area contributed by atoms with Crippen molar-refractivity contribution in [3.8, 4) is 0 Å². The van der Waals surface area contributed by atoms with E-state index in [9.17, 15) is 4.79 Å². The minimum atomic E-state index is 0.00546. The van der Waals surface area contributed by atoms with Gasteiger partial charge in [0.2, 0.25) is 0 Å². The largest absolute Gasteiger partial charge is 0.322 e. The van der Waals surface area contributed by atoms with Crippen molar-refractivity contribution in [1.82, 2.24) is 4.98 Å². The highest BCUT2D eigenvalue weighted by molar-refractivity contribution is 5.88. The van der Waals surface area contributed by atoms with Gasteiger partial charge in [0.1, 0.15) is 0 Å². The van der Waals surface area contributed by atoms with E-state index in [1.165, 1.54) is 5.56 Å². The van der Waals surface area contributed by atoms with Crippen LogP contribution in [0.3, 0.4) is 0 Å². The molecule has 1 heterocycles. The number of nitrogens with one attached hydrogen (secondary N) is 1. The Labute approximate surface area is 80.9 Å². The lowest BCUT2D eigenvalue weighted by molar-refractivity contribution is 1.20. The number of H-pyrrole nitrogens is 1. The Bertz CT molecular complexity index is 593. The zero-order valence-corrected chi connectivity index (χ0v) is 7.58. The monoisotopic (exact) mass is 183 g/mol. The summed E-state index contributed by atoms with van der Waals surface area (Å²) in [6.45, 7) is 0. The Morgan fingerprint density at radius 1 is 1.14 bits per heavy atom. The molecule has 0 aliphatic heterocycles. The van der Waals surface area contributed by atoms with Crippen LogP contribution in [0.2, 0.25) is 0 Å². The molecule has 1 aromatic heterocycles. The Kier molecular flexibility index (Phi) is 1.39. The highest BCUT2D eigenvalue weighted by Crippen LogP contribution is 2.23. The Balaban J connectivity index is 2.57. The van der Waals surface area contributed by atoms with Gasteiger partial charge in [0.05, 0.1) is 0 Å². The molecule has 0 atom stereocenters. The summed E-state index contributed by atoms with van der Waals surface area (Å²) >= 11 is 0. The van der Waals surface area contributed by atoms with E-state index in [4.69, 9.17) is 0 Å². The van der Waals surface area contributed by atoms with Gasteiger partial charge in [0.25, 0.3) is 5.56 Å². The normalized spacial score (nSPS) is 13.4. The molecule has 1 N–H and O–H groups in total. The lowest BCUT2D eigenvalue weighted by Gasteiger charge is -2.03. The number of aromatic amines is 1. The minimum absolute atomic E-state index is 0.00546. The highest BCUT2D eigenvalue weighted by atomic mass is 16.1. The van der Waals surface area contributed by atoms with Crippen molar-refractivity contribution in [3.05, 3.63) is 52.0 Å². The molecular formula is C12H9NO. The average Bonchev–Trinajstić information content (AvgIpc) is 2.66. The molecule has 1 aromatic carbocycles. The van der Waals surface area contributed by atoms with E-state index < -0.39 is 0 Å². The predicted octanol–water partition coefficient (Wildman–Crippen LogP) is 2.10. The summed E-state index contributed by atoms with van der Waals surface area (Å²) in [5.41, 5.74) is 2.21. The van der Waals surface area contributed by atoms with Crippen LogP contribution in [0.15, 0.2) is 35.1 Å². The number of rotatable bonds is 0. The molecule has 0 spiro atoms. The van der Waals surface area contributed by atoms with Crippen molar-refractivity contribution < 1.29 is 0 Å². The van der Waals surface area contributed by atoms with E-state index in [-0.39, 0.29) is 5.56 Å². The van der Waals surface area contributed by atoms with Crippen molar-refractivity contribution in [2.75, 3.05) is 0 Å². The number of aromatic nitrogens is 1. The van der Waals surface area contributed by atoms with Crippen LogP contribution in [0.1, 0.15) is 11.3 Å². The third-order valence-corrected chi connectivity index (χ3v) is 2.68. The number of hydrogen-bond acceptors (Lipinski definition) is 1. The highest BCUT2D eigenvalue weighted by Gasteiger charge is 2.11. The molecule has 0 saturated carbocycles. The van der Waals surface area contributed by atoms with E-state index in [0.717, 1.165) is 22.9 Å². The van der Waals surface area contributed by atoms with Crippen LogP contribution in [0.5, 0.6) is 0 Å². The first-order chi connectivity index (χ1) is 6.86. The number of benzene rings is 1. The maximum Gasteiger partial charge on any atom is 0.256 e. The van der Waals surface area contributed by atoms with Gasteiger partial charge >= 0.3 is 0 Å². The van der Waals surface area contributed by atoms with Gasteiger partial charge in [0.15, 0.2) is 0 Å². The molecule has 1 aliphatic rings. The summed E-state index contributed by atoms with van der Waals surface area (Å²) in [6, 6.07) is 7.75. The third-order valence-electron chi connectivity index (χ3n) is 2.68. The Morgan fingerprint density at radius 2 is 1.93 bits per heavy atom. The quantitative estimate of drug-likeness (QED) is 0.666. The molecule has 0 amide bonds. The van der Waals surface area contributed by atoms with E-state index in [1.54, 1.807) is 0 Å². The summed E-state index contributed by atoms with van der Waals surface area (Å²) < 4.78 is 0. The molecule has 0 fully saturated rings. The first-order valence-electron chi connectivity index (χ1n) is 4.67. The summed E-state index contributed by atoms with van der Waals surface area (Å²) in [7, 11) is 0. The van der Waals surface area contributed by atoms with Crippen LogP contribution in [0.25, 0.3) is 16.8 Å². The lowest BCUT2D eigenvalue weighted by Crippen LogP contribution is -2.08. The fourth-order valence-corrected chi connectivity index (χ4v) is 2.01. The molecule has 2 heteroatoms. The summed E-state index contributed by atoms with van der Waals surface area (Å²) in [5.74, 6) is 0. The van der Waals surface area contributed by atoms with Gasteiger partial charge in [-0.05, 0) is 29.5 Å². The molecule has 2 nitrogen and oxygen atoms in total. The van der Waals surface area contributed by atoms with Crippen LogP contribution < -0.4 is 5.56 Å². The summed E-state index contributed by atoms with van der Waals surface area (Å²) in [4.78, 5) is 14.5. The van der Waals surface area contributed by atoms with Crippen molar-refractivity contribution in [3.63, 3.8) is 0 Å². The zero-order chi connectivity index (χ0) is 9.54. The van der Waals surface area contributed by atoms with Crippen LogP contribution in [-0.2, 0) is 6.42 Å². The molecular weight excluding hydrogens is 174 g/mol. The molecule has 0 bridgehead atoms. The second-order valence-corrected chi connectivity index (χ2v) is 3.50. The van der Waals surface area contributed by atoms with Gasteiger partial charge in [-0.15, -0.1) is 0 Å². The summed E-state index contributed by atoms with van der Waals surface area (Å²) in [6.07, 6.45) is 4.98. The molecule has 0 unspecified atom stereocenters.